The third-order valence-corrected chi connectivity index (χ3v) is 7.76. The van der Waals surface area contributed by atoms with Gasteiger partial charge in [0.2, 0.25) is 0 Å². The van der Waals surface area contributed by atoms with E-state index < -0.39 is 0 Å². The van der Waals surface area contributed by atoms with Crippen molar-refractivity contribution in [2.75, 3.05) is 0 Å². The van der Waals surface area contributed by atoms with Gasteiger partial charge in [0.25, 0.3) is 0 Å². The molecule has 0 fully saturated rings. The fraction of sp³-hybridized carbons (Fsp3) is 0.0811. The SMILES string of the molecule is C=CC=CC.Cc1cc2c(-c3ccccc3)cccc2[cH-]1.Cc1ccccc1Pc1cc2ccccc2[cH-]1.[Hf]. The Kier molecular flexibility index (Phi) is 12.1. The maximum Gasteiger partial charge on any atom is 0 e. The van der Waals surface area contributed by atoms with Crippen LogP contribution in [-0.4, -0.2) is 0 Å². The second-order valence-corrected chi connectivity index (χ2v) is 10.6. The summed E-state index contributed by atoms with van der Waals surface area (Å²) in [5, 5.41) is 8.26. The molecule has 0 nitrogen and oxygen atoms in total. The van der Waals surface area contributed by atoms with E-state index in [-0.39, 0.29) is 25.8 Å². The largest absolute Gasteiger partial charge is 0.165 e. The number of rotatable bonds is 4. The van der Waals surface area contributed by atoms with E-state index >= 15 is 0 Å². The Morgan fingerprint density at radius 3 is 2.10 bits per heavy atom. The van der Waals surface area contributed by atoms with Crippen LogP contribution in [0.25, 0.3) is 32.7 Å². The van der Waals surface area contributed by atoms with Crippen LogP contribution in [0.2, 0.25) is 0 Å². The zero-order chi connectivity index (χ0) is 26.7. The Labute approximate surface area is 254 Å². The molecule has 194 valence electrons. The maximum atomic E-state index is 3.46. The van der Waals surface area contributed by atoms with E-state index in [1.165, 1.54) is 54.4 Å². The molecule has 0 N–H and O–H groups in total. The molecular formula is C37H35HfP-2. The molecule has 0 heterocycles. The van der Waals surface area contributed by atoms with Crippen molar-refractivity contribution >= 4 is 40.7 Å². The van der Waals surface area contributed by atoms with Gasteiger partial charge in [-0.3, -0.25) is 0 Å². The summed E-state index contributed by atoms with van der Waals surface area (Å²) in [5.41, 5.74) is 5.33. The number of fused-ring (bicyclic) bond motifs is 2. The summed E-state index contributed by atoms with van der Waals surface area (Å²) in [4.78, 5) is 0. The standard InChI is InChI=1S/C16H14P.C16H13.C5H8.Hf/c1-12-6-2-5-9-16(12)17-15-10-13-7-3-4-8-14(13)11-15;1-12-10-14-8-5-9-15(16(14)11-12)13-6-3-2-4-7-13;1-3-5-4-2;/h2-11,17H,1H3;2-11H,1H3;3-5H,1H2,2H3;/q2*-1;;. The topological polar surface area (TPSA) is 0 Å². The molecule has 0 radical (unpaired) electrons. The molecule has 0 aromatic heterocycles. The van der Waals surface area contributed by atoms with Gasteiger partial charge in [0.1, 0.15) is 0 Å². The van der Waals surface area contributed by atoms with Crippen molar-refractivity contribution in [3.8, 4) is 11.1 Å². The molecule has 39 heavy (non-hydrogen) atoms. The zero-order valence-corrected chi connectivity index (χ0v) is 27.6. The summed E-state index contributed by atoms with van der Waals surface area (Å²) in [6, 6.07) is 43.4. The van der Waals surface area contributed by atoms with E-state index in [1.807, 2.05) is 19.1 Å². The normalized spacial score (nSPS) is 10.6. The smallest absolute Gasteiger partial charge is 0 e. The minimum absolute atomic E-state index is 0. The number of hydrogen-bond acceptors (Lipinski definition) is 0. The van der Waals surface area contributed by atoms with E-state index in [9.17, 15) is 0 Å². The van der Waals surface area contributed by atoms with Gasteiger partial charge >= 0.3 is 0 Å². The average molecular weight is 689 g/mol. The molecule has 0 spiro atoms. The molecule has 0 aliphatic heterocycles. The van der Waals surface area contributed by atoms with Gasteiger partial charge in [-0.25, -0.2) is 0 Å². The Balaban J connectivity index is 0.000000181. The van der Waals surface area contributed by atoms with Gasteiger partial charge in [-0.05, 0) is 30.3 Å². The van der Waals surface area contributed by atoms with Crippen LogP contribution >= 0.6 is 8.58 Å². The van der Waals surface area contributed by atoms with Crippen LogP contribution < -0.4 is 10.6 Å². The number of hydrogen-bond donors (Lipinski definition) is 0. The van der Waals surface area contributed by atoms with E-state index in [4.69, 9.17) is 0 Å². The van der Waals surface area contributed by atoms with Gasteiger partial charge < -0.3 is 0 Å². The van der Waals surface area contributed by atoms with Crippen LogP contribution in [0.15, 0.2) is 146 Å². The molecule has 6 rings (SSSR count). The van der Waals surface area contributed by atoms with E-state index in [0.29, 0.717) is 0 Å². The Morgan fingerprint density at radius 2 is 1.41 bits per heavy atom. The zero-order valence-electron chi connectivity index (χ0n) is 23.0. The Bertz CT molecular complexity index is 1600. The molecular weight excluding hydrogens is 654 g/mol. The summed E-state index contributed by atoms with van der Waals surface area (Å²) >= 11 is 0. The number of allylic oxidation sites excluding steroid dienone is 3. The van der Waals surface area contributed by atoms with Crippen molar-refractivity contribution in [2.45, 2.75) is 20.8 Å². The first kappa shape index (κ1) is 30.4. The third kappa shape index (κ3) is 8.43. The molecule has 0 aliphatic carbocycles. The number of benzene rings is 4. The van der Waals surface area contributed by atoms with Gasteiger partial charge in [0, 0.05) is 25.8 Å². The molecule has 6 aromatic rings. The molecule has 2 heteroatoms. The van der Waals surface area contributed by atoms with Gasteiger partial charge in [-0.2, -0.15) is 12.1 Å². The Hall–Kier alpha value is -3.12. The first-order chi connectivity index (χ1) is 18.6. The Morgan fingerprint density at radius 1 is 0.718 bits per heavy atom. The van der Waals surface area contributed by atoms with Gasteiger partial charge in [-0.1, -0.05) is 113 Å². The van der Waals surface area contributed by atoms with Crippen molar-refractivity contribution in [3.05, 3.63) is 157 Å². The monoisotopic (exact) mass is 690 g/mol. The van der Waals surface area contributed by atoms with Crippen LogP contribution in [0.1, 0.15) is 18.1 Å². The second-order valence-electron chi connectivity index (χ2n) is 9.28. The molecule has 1 unspecified atom stereocenters. The van der Waals surface area contributed by atoms with Crippen LogP contribution in [0.5, 0.6) is 0 Å². The van der Waals surface area contributed by atoms with E-state index in [0.717, 1.165) is 8.58 Å². The number of aryl methyl sites for hydroxylation is 2. The summed E-state index contributed by atoms with van der Waals surface area (Å²) in [6.45, 7) is 9.76. The maximum absolute atomic E-state index is 3.46. The molecule has 0 aliphatic rings. The van der Waals surface area contributed by atoms with Gasteiger partial charge in [0.05, 0.1) is 0 Å². The van der Waals surface area contributed by atoms with E-state index in [2.05, 4.69) is 142 Å². The molecule has 6 aromatic carbocycles. The third-order valence-electron chi connectivity index (χ3n) is 6.35. The molecule has 0 saturated carbocycles. The van der Waals surface area contributed by atoms with Crippen molar-refractivity contribution in [1.82, 2.24) is 0 Å². The van der Waals surface area contributed by atoms with Crippen LogP contribution in [0, 0.1) is 13.8 Å². The van der Waals surface area contributed by atoms with Crippen LogP contribution in [-0.2, 0) is 25.8 Å². The van der Waals surface area contributed by atoms with Crippen molar-refractivity contribution in [3.63, 3.8) is 0 Å². The predicted octanol–water partition coefficient (Wildman–Crippen LogP) is 9.78. The average Bonchev–Trinajstić information content (AvgIpc) is 3.53. The van der Waals surface area contributed by atoms with Crippen molar-refractivity contribution < 1.29 is 25.8 Å². The van der Waals surface area contributed by atoms with E-state index in [1.54, 1.807) is 6.08 Å². The fourth-order valence-corrected chi connectivity index (χ4v) is 5.71. The first-order valence-electron chi connectivity index (χ1n) is 13.0. The minimum atomic E-state index is 0. The summed E-state index contributed by atoms with van der Waals surface area (Å²) < 4.78 is 0. The van der Waals surface area contributed by atoms with Crippen LogP contribution in [0.3, 0.4) is 0 Å². The van der Waals surface area contributed by atoms with Gasteiger partial charge in [-0.15, -0.1) is 74.9 Å². The molecule has 0 bridgehead atoms. The quantitative estimate of drug-likeness (QED) is 0.0749. The van der Waals surface area contributed by atoms with Crippen molar-refractivity contribution in [1.29, 1.82) is 0 Å². The minimum Gasteiger partial charge on any atom is -0.165 e. The molecule has 0 amide bonds. The first-order valence-corrected chi connectivity index (χ1v) is 14.0. The molecule has 1 atom stereocenters. The van der Waals surface area contributed by atoms with Crippen molar-refractivity contribution in [2.24, 2.45) is 0 Å². The predicted molar refractivity (Wildman–Crippen MR) is 173 cm³/mol. The fourth-order valence-electron chi connectivity index (χ4n) is 4.48. The summed E-state index contributed by atoms with van der Waals surface area (Å²) in [7, 11) is 0.759. The molecule has 0 saturated heterocycles. The van der Waals surface area contributed by atoms with Crippen LogP contribution in [0.4, 0.5) is 0 Å². The second kappa shape index (κ2) is 15.5. The summed E-state index contributed by atoms with van der Waals surface area (Å²) in [6.07, 6.45) is 5.58. The summed E-state index contributed by atoms with van der Waals surface area (Å²) in [5.74, 6) is 0. The van der Waals surface area contributed by atoms with Gasteiger partial charge in [0.15, 0.2) is 0 Å².